The molecule has 0 unspecified atom stereocenters. The Kier molecular flexibility index (Phi) is 6.07. The lowest BCUT2D eigenvalue weighted by molar-refractivity contribution is 0.0589. The van der Waals surface area contributed by atoms with Crippen molar-refractivity contribution in [3.05, 3.63) is 40.8 Å². The number of aryl methyl sites for hydroxylation is 1. The molecule has 1 heterocycles. The van der Waals surface area contributed by atoms with Crippen molar-refractivity contribution in [3.8, 4) is 16.9 Å². The van der Waals surface area contributed by atoms with E-state index in [2.05, 4.69) is 0 Å². The van der Waals surface area contributed by atoms with E-state index < -0.39 is 11.7 Å². The van der Waals surface area contributed by atoms with Gasteiger partial charge >= 0.3 is 6.09 Å². The van der Waals surface area contributed by atoms with E-state index in [9.17, 15) is 9.59 Å². The number of rotatable bonds is 4. The summed E-state index contributed by atoms with van der Waals surface area (Å²) in [6, 6.07) is 6.99. The number of benzene rings is 1. The summed E-state index contributed by atoms with van der Waals surface area (Å²) in [6.07, 6.45) is 1.06. The largest absolute Gasteiger partial charge is 0.490 e. The number of amides is 1. The highest BCUT2D eigenvalue weighted by atomic mass is 16.6. The van der Waals surface area contributed by atoms with E-state index in [1.807, 2.05) is 13.8 Å². The maximum absolute atomic E-state index is 12.7. The van der Waals surface area contributed by atoms with Crippen LogP contribution >= 0.6 is 0 Å². The van der Waals surface area contributed by atoms with Gasteiger partial charge in [0.2, 0.25) is 0 Å². The van der Waals surface area contributed by atoms with Crippen LogP contribution in [0.5, 0.6) is 5.75 Å². The zero-order valence-electron chi connectivity index (χ0n) is 17.6. The molecule has 1 amide bonds. The van der Waals surface area contributed by atoms with Crippen LogP contribution in [0.1, 0.15) is 34.6 Å². The molecule has 0 bridgehead atoms. The van der Waals surface area contributed by atoms with Crippen LogP contribution in [0.3, 0.4) is 0 Å². The van der Waals surface area contributed by atoms with Gasteiger partial charge in [-0.1, -0.05) is 0 Å². The van der Waals surface area contributed by atoms with E-state index in [0.717, 1.165) is 5.56 Å². The Balaban J connectivity index is 2.57. The highest BCUT2D eigenvalue weighted by molar-refractivity contribution is 5.88. The van der Waals surface area contributed by atoms with Gasteiger partial charge in [-0.2, -0.15) is 0 Å². The summed E-state index contributed by atoms with van der Waals surface area (Å²) in [5, 5.41) is 0. The third kappa shape index (κ3) is 5.06. The van der Waals surface area contributed by atoms with E-state index in [-0.39, 0.29) is 17.4 Å². The second-order valence-corrected chi connectivity index (χ2v) is 7.99. The number of carbonyl (C=O) groups excluding carboxylic acids is 1. The number of hydrogen-bond acceptors (Lipinski definition) is 5. The Morgan fingerprint density at radius 2 is 1.86 bits per heavy atom. The number of nitrogens with zero attached hydrogens (tertiary/aromatic N) is 2. The lowest BCUT2D eigenvalue weighted by Crippen LogP contribution is -2.37. The molecule has 2 rings (SSSR count). The third-order valence-electron chi connectivity index (χ3n) is 3.87. The lowest BCUT2D eigenvalue weighted by atomic mass is 10.0. The van der Waals surface area contributed by atoms with Gasteiger partial charge in [-0.3, -0.25) is 9.69 Å². The molecule has 0 radical (unpaired) electrons. The average molecular weight is 387 g/mol. The van der Waals surface area contributed by atoms with Crippen molar-refractivity contribution in [3.63, 3.8) is 0 Å². The monoisotopic (exact) mass is 387 g/mol. The number of ether oxygens (including phenoxy) is 2. The summed E-state index contributed by atoms with van der Waals surface area (Å²) < 4.78 is 12.7. The van der Waals surface area contributed by atoms with Crippen molar-refractivity contribution in [2.75, 3.05) is 17.7 Å². The zero-order chi connectivity index (χ0) is 21.2. The highest BCUT2D eigenvalue weighted by Gasteiger charge is 2.23. The number of hydrogen-bond donors (Lipinski definition) is 1. The maximum Gasteiger partial charge on any atom is 0.414 e. The molecule has 0 spiro atoms. The van der Waals surface area contributed by atoms with Gasteiger partial charge in [0.15, 0.2) is 0 Å². The molecule has 2 N–H and O–H groups in total. The molecule has 0 aliphatic carbocycles. The fourth-order valence-electron chi connectivity index (χ4n) is 2.64. The van der Waals surface area contributed by atoms with Gasteiger partial charge in [-0.15, -0.1) is 0 Å². The standard InChI is InChI=1S/C21H29N3O4/c1-13(2)27-18-9-8-15(22)11-16(18)14-10-17(19(25)23(6)12-14)24(7)20(26)28-21(3,4)5/h8-13H,22H2,1-7H3. The Morgan fingerprint density at radius 1 is 1.21 bits per heavy atom. The zero-order valence-corrected chi connectivity index (χ0v) is 17.6. The maximum atomic E-state index is 12.7. The topological polar surface area (TPSA) is 86.8 Å². The average Bonchev–Trinajstić information content (AvgIpc) is 2.56. The Bertz CT molecular complexity index is 926. The van der Waals surface area contributed by atoms with Crippen LogP contribution in [-0.2, 0) is 11.8 Å². The van der Waals surface area contributed by atoms with Crippen LogP contribution in [0.25, 0.3) is 11.1 Å². The highest BCUT2D eigenvalue weighted by Crippen LogP contribution is 2.33. The molecular weight excluding hydrogens is 358 g/mol. The first kappa shape index (κ1) is 21.3. The first-order valence-corrected chi connectivity index (χ1v) is 9.13. The van der Waals surface area contributed by atoms with Crippen molar-refractivity contribution in [1.82, 2.24) is 4.57 Å². The molecular formula is C21H29N3O4. The number of pyridine rings is 1. The summed E-state index contributed by atoms with van der Waals surface area (Å²) in [4.78, 5) is 26.3. The lowest BCUT2D eigenvalue weighted by Gasteiger charge is -2.25. The van der Waals surface area contributed by atoms with Gasteiger partial charge in [0.25, 0.3) is 5.56 Å². The summed E-state index contributed by atoms with van der Waals surface area (Å²) in [5.74, 6) is 0.647. The predicted octanol–water partition coefficient (Wildman–Crippen LogP) is 3.79. The van der Waals surface area contributed by atoms with Crippen LogP contribution in [0, 0.1) is 0 Å². The van der Waals surface area contributed by atoms with E-state index >= 15 is 0 Å². The first-order chi connectivity index (χ1) is 12.9. The van der Waals surface area contributed by atoms with Crippen LogP contribution in [0.15, 0.2) is 35.3 Å². The summed E-state index contributed by atoms with van der Waals surface area (Å²) in [7, 11) is 3.15. The molecule has 1 aromatic carbocycles. The van der Waals surface area contributed by atoms with Gasteiger partial charge in [0, 0.05) is 37.1 Å². The predicted molar refractivity (Wildman–Crippen MR) is 112 cm³/mol. The Labute approximate surface area is 165 Å². The summed E-state index contributed by atoms with van der Waals surface area (Å²) >= 11 is 0. The van der Waals surface area contributed by atoms with Gasteiger partial charge in [-0.25, -0.2) is 4.79 Å². The summed E-state index contributed by atoms with van der Waals surface area (Å²) in [5.41, 5.74) is 7.21. The number of nitrogen functional groups attached to an aromatic ring is 1. The smallest absolute Gasteiger partial charge is 0.414 e. The molecule has 7 heteroatoms. The van der Waals surface area contributed by atoms with Crippen molar-refractivity contribution in [1.29, 1.82) is 0 Å². The van der Waals surface area contributed by atoms with E-state index in [0.29, 0.717) is 17.0 Å². The van der Waals surface area contributed by atoms with Crippen molar-refractivity contribution in [2.24, 2.45) is 7.05 Å². The molecule has 0 saturated heterocycles. The Hall–Kier alpha value is -2.96. The second kappa shape index (κ2) is 7.96. The molecule has 0 aliphatic rings. The molecule has 0 fully saturated rings. The SMILES string of the molecule is CC(C)Oc1ccc(N)cc1-c1cc(N(C)C(=O)OC(C)(C)C)c(=O)n(C)c1. The van der Waals surface area contributed by atoms with Gasteiger partial charge in [-0.05, 0) is 58.9 Å². The fraction of sp³-hybridized carbons (Fsp3) is 0.429. The van der Waals surface area contributed by atoms with Crippen LogP contribution in [0.2, 0.25) is 0 Å². The molecule has 2 aromatic rings. The first-order valence-electron chi connectivity index (χ1n) is 9.13. The molecule has 28 heavy (non-hydrogen) atoms. The number of aromatic nitrogens is 1. The van der Waals surface area contributed by atoms with Crippen LogP contribution in [0.4, 0.5) is 16.2 Å². The van der Waals surface area contributed by atoms with Crippen LogP contribution in [-0.4, -0.2) is 29.4 Å². The molecule has 7 nitrogen and oxygen atoms in total. The minimum atomic E-state index is -0.666. The normalized spacial score (nSPS) is 11.4. The van der Waals surface area contributed by atoms with Gasteiger partial charge in [0.05, 0.1) is 6.10 Å². The molecule has 0 saturated carbocycles. The van der Waals surface area contributed by atoms with E-state index in [1.165, 1.54) is 16.5 Å². The quantitative estimate of drug-likeness (QED) is 0.807. The van der Waals surface area contributed by atoms with E-state index in [1.54, 1.807) is 58.3 Å². The third-order valence-corrected chi connectivity index (χ3v) is 3.87. The number of nitrogens with two attached hydrogens (primary N) is 1. The van der Waals surface area contributed by atoms with Crippen molar-refractivity contribution in [2.45, 2.75) is 46.3 Å². The summed E-state index contributed by atoms with van der Waals surface area (Å²) in [6.45, 7) is 9.19. The van der Waals surface area contributed by atoms with Crippen LogP contribution < -0.4 is 20.9 Å². The number of carbonyl (C=O) groups is 1. The minimum absolute atomic E-state index is 0.0289. The van der Waals surface area contributed by atoms with Gasteiger partial charge < -0.3 is 19.8 Å². The molecule has 0 aliphatic heterocycles. The molecule has 1 aromatic heterocycles. The Morgan fingerprint density at radius 3 is 2.43 bits per heavy atom. The van der Waals surface area contributed by atoms with E-state index in [4.69, 9.17) is 15.2 Å². The van der Waals surface area contributed by atoms with Crippen molar-refractivity contribution >= 4 is 17.5 Å². The second-order valence-electron chi connectivity index (χ2n) is 7.99. The molecule has 0 atom stereocenters. The fourth-order valence-corrected chi connectivity index (χ4v) is 2.64. The van der Waals surface area contributed by atoms with Gasteiger partial charge in [0.1, 0.15) is 17.0 Å². The van der Waals surface area contributed by atoms with Crippen molar-refractivity contribution < 1.29 is 14.3 Å². The minimum Gasteiger partial charge on any atom is -0.490 e. The number of anilines is 2. The molecule has 152 valence electrons.